The maximum atomic E-state index is 12.9. The van der Waals surface area contributed by atoms with E-state index in [1.165, 1.54) is 0 Å². The lowest BCUT2D eigenvalue weighted by Gasteiger charge is -2.35. The van der Waals surface area contributed by atoms with E-state index in [1.54, 1.807) is 6.20 Å². The molecule has 7 nitrogen and oxygen atoms in total. The first-order valence-corrected chi connectivity index (χ1v) is 10.1. The van der Waals surface area contributed by atoms with Gasteiger partial charge in [0, 0.05) is 37.9 Å². The highest BCUT2D eigenvalue weighted by Crippen LogP contribution is 2.16. The lowest BCUT2D eigenvalue weighted by atomic mass is 10.1. The Kier molecular flexibility index (Phi) is 4.85. The maximum Gasteiger partial charge on any atom is 0.253 e. The molecule has 0 bridgehead atoms. The van der Waals surface area contributed by atoms with Gasteiger partial charge in [-0.2, -0.15) is 0 Å². The zero-order valence-corrected chi connectivity index (χ0v) is 16.6. The second-order valence-electron chi connectivity index (χ2n) is 7.40. The van der Waals surface area contributed by atoms with Crippen molar-refractivity contribution in [3.63, 3.8) is 0 Å². The van der Waals surface area contributed by atoms with Crippen molar-refractivity contribution in [2.75, 3.05) is 31.1 Å². The molecule has 1 fully saturated rings. The second-order valence-corrected chi connectivity index (χ2v) is 7.40. The van der Waals surface area contributed by atoms with Crippen LogP contribution in [0.2, 0.25) is 0 Å². The number of piperazine rings is 1. The summed E-state index contributed by atoms with van der Waals surface area (Å²) >= 11 is 0. The van der Waals surface area contributed by atoms with E-state index in [-0.39, 0.29) is 5.91 Å². The average molecular weight is 398 g/mol. The first-order valence-electron chi connectivity index (χ1n) is 10.1. The minimum Gasteiger partial charge on any atom is -0.353 e. The van der Waals surface area contributed by atoms with Crippen LogP contribution >= 0.6 is 0 Å². The quantitative estimate of drug-likeness (QED) is 0.529. The summed E-state index contributed by atoms with van der Waals surface area (Å²) in [6, 6.07) is 21.6. The normalized spacial score (nSPS) is 14.3. The van der Waals surface area contributed by atoms with E-state index in [2.05, 4.69) is 20.2 Å². The molecule has 0 spiro atoms. The maximum absolute atomic E-state index is 12.9. The highest BCUT2D eigenvalue weighted by Gasteiger charge is 2.22. The van der Waals surface area contributed by atoms with E-state index in [1.807, 2.05) is 76.3 Å². The molecule has 0 N–H and O–H groups in total. The molecule has 1 saturated heterocycles. The molecule has 150 valence electrons. The number of para-hydroxylation sites is 1. The fourth-order valence-electron chi connectivity index (χ4n) is 3.82. The number of pyridine rings is 1. The molecule has 2 aromatic carbocycles. The highest BCUT2D eigenvalue weighted by atomic mass is 16.2. The lowest BCUT2D eigenvalue weighted by molar-refractivity contribution is 0.0746. The topological polar surface area (TPSA) is 67.2 Å². The van der Waals surface area contributed by atoms with Crippen molar-refractivity contribution in [2.24, 2.45) is 0 Å². The number of benzene rings is 2. The van der Waals surface area contributed by atoms with Gasteiger partial charge in [-0.05, 0) is 42.0 Å². The van der Waals surface area contributed by atoms with Crippen LogP contribution in [0.3, 0.4) is 0 Å². The molecule has 0 unspecified atom stereocenters. The van der Waals surface area contributed by atoms with Gasteiger partial charge >= 0.3 is 0 Å². The number of anilines is 1. The van der Waals surface area contributed by atoms with Gasteiger partial charge in [-0.3, -0.25) is 4.79 Å². The predicted octanol–water partition coefficient (Wildman–Crippen LogP) is 2.84. The van der Waals surface area contributed by atoms with Crippen LogP contribution in [-0.2, 0) is 6.54 Å². The molecule has 1 aliphatic rings. The third-order valence-corrected chi connectivity index (χ3v) is 5.49. The minimum absolute atomic E-state index is 0.0772. The lowest BCUT2D eigenvalue weighted by Crippen LogP contribution is -2.49. The van der Waals surface area contributed by atoms with Crippen molar-refractivity contribution < 1.29 is 4.79 Å². The summed E-state index contributed by atoms with van der Waals surface area (Å²) in [7, 11) is 0. The van der Waals surface area contributed by atoms with Gasteiger partial charge in [0.05, 0.1) is 12.1 Å². The molecule has 0 saturated carbocycles. The number of amides is 1. The average Bonchev–Trinajstić information content (AvgIpc) is 3.23. The van der Waals surface area contributed by atoms with Crippen molar-refractivity contribution in [3.8, 4) is 0 Å². The number of hydrogen-bond donors (Lipinski definition) is 0. The van der Waals surface area contributed by atoms with E-state index in [0.29, 0.717) is 25.2 Å². The molecule has 0 radical (unpaired) electrons. The van der Waals surface area contributed by atoms with Gasteiger partial charge in [-0.25, -0.2) is 9.67 Å². The number of aromatic nitrogens is 4. The number of fused-ring (bicyclic) bond motifs is 1. The molecule has 7 heteroatoms. The van der Waals surface area contributed by atoms with Crippen molar-refractivity contribution in [2.45, 2.75) is 6.54 Å². The van der Waals surface area contributed by atoms with Crippen LogP contribution in [0.5, 0.6) is 0 Å². The molecular weight excluding hydrogens is 376 g/mol. The van der Waals surface area contributed by atoms with Crippen molar-refractivity contribution in [1.29, 1.82) is 0 Å². The van der Waals surface area contributed by atoms with Gasteiger partial charge in [0.1, 0.15) is 11.3 Å². The molecule has 5 rings (SSSR count). The van der Waals surface area contributed by atoms with Crippen LogP contribution in [-0.4, -0.2) is 57.0 Å². The summed E-state index contributed by atoms with van der Waals surface area (Å²) in [5.41, 5.74) is 3.69. The number of carbonyl (C=O) groups is 1. The number of nitrogens with zero attached hydrogens (tertiary/aromatic N) is 6. The van der Waals surface area contributed by atoms with E-state index in [0.717, 1.165) is 35.5 Å². The Morgan fingerprint density at radius 2 is 1.63 bits per heavy atom. The third kappa shape index (κ3) is 3.61. The molecule has 0 aliphatic carbocycles. The van der Waals surface area contributed by atoms with Crippen molar-refractivity contribution in [3.05, 3.63) is 84.1 Å². The summed E-state index contributed by atoms with van der Waals surface area (Å²) in [6.45, 7) is 3.60. The van der Waals surface area contributed by atoms with Crippen LogP contribution in [0, 0.1) is 0 Å². The Morgan fingerprint density at radius 3 is 2.40 bits per heavy atom. The molecule has 2 aromatic heterocycles. The predicted molar refractivity (Wildman–Crippen MR) is 115 cm³/mol. The van der Waals surface area contributed by atoms with E-state index < -0.39 is 0 Å². The Morgan fingerprint density at radius 1 is 0.867 bits per heavy atom. The summed E-state index contributed by atoms with van der Waals surface area (Å²) in [5.74, 6) is 1.04. The zero-order valence-electron chi connectivity index (χ0n) is 16.6. The van der Waals surface area contributed by atoms with Gasteiger partial charge in [-0.15, -0.1) is 5.10 Å². The van der Waals surface area contributed by atoms with Gasteiger partial charge in [0.25, 0.3) is 5.91 Å². The minimum atomic E-state index is 0.0772. The Bertz CT molecular complexity index is 1150. The fourth-order valence-corrected chi connectivity index (χ4v) is 3.82. The Hall–Kier alpha value is -3.74. The van der Waals surface area contributed by atoms with Crippen molar-refractivity contribution >= 4 is 22.8 Å². The van der Waals surface area contributed by atoms with E-state index in [4.69, 9.17) is 0 Å². The van der Waals surface area contributed by atoms with Crippen LogP contribution in [0.1, 0.15) is 15.9 Å². The summed E-state index contributed by atoms with van der Waals surface area (Å²) in [6.07, 6.45) is 1.80. The smallest absolute Gasteiger partial charge is 0.253 e. The molecule has 30 heavy (non-hydrogen) atoms. The Balaban J connectivity index is 1.23. The van der Waals surface area contributed by atoms with E-state index >= 15 is 0 Å². The summed E-state index contributed by atoms with van der Waals surface area (Å²) in [5, 5.41) is 8.43. The standard InChI is InChI=1S/C23H22N6O/c30-23(28-15-13-27(14-16-28)22-7-3-4-12-24-22)19-10-8-18(9-11-19)17-29-21-6-2-1-5-20(21)25-26-29/h1-12H,13-17H2. The second kappa shape index (κ2) is 7.94. The van der Waals surface area contributed by atoms with Gasteiger partial charge in [0.15, 0.2) is 0 Å². The largest absolute Gasteiger partial charge is 0.353 e. The molecule has 1 amide bonds. The van der Waals surface area contributed by atoms with Crippen molar-refractivity contribution in [1.82, 2.24) is 24.9 Å². The SMILES string of the molecule is O=C(c1ccc(Cn2nnc3ccccc32)cc1)N1CCN(c2ccccn2)CC1. The summed E-state index contributed by atoms with van der Waals surface area (Å²) < 4.78 is 1.88. The first-order chi connectivity index (χ1) is 14.8. The molecular formula is C23H22N6O. The first kappa shape index (κ1) is 18.3. The highest BCUT2D eigenvalue weighted by molar-refractivity contribution is 5.94. The molecule has 0 atom stereocenters. The van der Waals surface area contributed by atoms with E-state index in [9.17, 15) is 4.79 Å². The number of carbonyl (C=O) groups excluding carboxylic acids is 1. The Labute approximate surface area is 174 Å². The van der Waals surface area contributed by atoms with Crippen LogP contribution in [0.15, 0.2) is 72.9 Å². The molecule has 3 heterocycles. The zero-order chi connectivity index (χ0) is 20.3. The fraction of sp³-hybridized carbons (Fsp3) is 0.217. The van der Waals surface area contributed by atoms with Crippen LogP contribution in [0.4, 0.5) is 5.82 Å². The van der Waals surface area contributed by atoms with Gasteiger partial charge in [0.2, 0.25) is 0 Å². The summed E-state index contributed by atoms with van der Waals surface area (Å²) in [4.78, 5) is 21.4. The monoisotopic (exact) mass is 398 g/mol. The molecule has 4 aromatic rings. The van der Waals surface area contributed by atoms with Gasteiger partial charge in [-0.1, -0.05) is 35.5 Å². The van der Waals surface area contributed by atoms with Crippen LogP contribution < -0.4 is 4.90 Å². The third-order valence-electron chi connectivity index (χ3n) is 5.49. The van der Waals surface area contributed by atoms with Gasteiger partial charge < -0.3 is 9.80 Å². The molecule has 1 aliphatic heterocycles. The van der Waals surface area contributed by atoms with Crippen LogP contribution in [0.25, 0.3) is 11.0 Å². The number of rotatable bonds is 4. The number of hydrogen-bond acceptors (Lipinski definition) is 5.